The van der Waals surface area contributed by atoms with Crippen molar-refractivity contribution in [3.05, 3.63) is 65.5 Å². The van der Waals surface area contributed by atoms with Crippen LogP contribution in [0.2, 0.25) is 0 Å². The van der Waals surface area contributed by atoms with Gasteiger partial charge in [-0.25, -0.2) is 4.39 Å². The highest BCUT2D eigenvalue weighted by Gasteiger charge is 2.11. The van der Waals surface area contributed by atoms with E-state index in [1.54, 1.807) is 24.3 Å². The lowest BCUT2D eigenvalue weighted by Crippen LogP contribution is -2.31. The summed E-state index contributed by atoms with van der Waals surface area (Å²) in [4.78, 5) is 24.2. The van der Waals surface area contributed by atoms with Gasteiger partial charge >= 0.3 is 0 Å². The smallest absolute Gasteiger partial charge is 0.255 e. The summed E-state index contributed by atoms with van der Waals surface area (Å²) in [7, 11) is 0. The molecule has 0 unspecified atom stereocenters. The second-order valence-electron chi connectivity index (χ2n) is 5.32. The Morgan fingerprint density at radius 3 is 2.39 bits per heavy atom. The fourth-order valence-corrected chi connectivity index (χ4v) is 1.95. The van der Waals surface area contributed by atoms with E-state index in [-0.39, 0.29) is 17.9 Å². The molecule has 4 nitrogen and oxygen atoms in total. The minimum Gasteiger partial charge on any atom is -0.350 e. The topological polar surface area (TPSA) is 58.2 Å². The maximum absolute atomic E-state index is 12.9. The molecular weight excluding hydrogens is 295 g/mol. The van der Waals surface area contributed by atoms with Gasteiger partial charge in [-0.3, -0.25) is 9.59 Å². The van der Waals surface area contributed by atoms with Crippen LogP contribution in [0.15, 0.2) is 48.5 Å². The number of anilines is 1. The van der Waals surface area contributed by atoms with Crippen LogP contribution in [0.5, 0.6) is 0 Å². The zero-order valence-electron chi connectivity index (χ0n) is 13.1. The zero-order chi connectivity index (χ0) is 16.8. The lowest BCUT2D eigenvalue weighted by molar-refractivity contribution is 0.0938. The molecular formula is C18H19FN2O2. The quantitative estimate of drug-likeness (QED) is 0.886. The Morgan fingerprint density at radius 1 is 1.04 bits per heavy atom. The summed E-state index contributed by atoms with van der Waals surface area (Å²) >= 11 is 0. The van der Waals surface area contributed by atoms with Gasteiger partial charge in [-0.05, 0) is 55.8 Å². The predicted molar refractivity (Wildman–Crippen MR) is 88.0 cm³/mol. The van der Waals surface area contributed by atoms with Gasteiger partial charge in [0.15, 0.2) is 0 Å². The molecule has 0 aliphatic carbocycles. The third-order valence-corrected chi connectivity index (χ3v) is 3.48. The molecule has 2 aromatic carbocycles. The number of carbonyl (C=O) groups is 2. The molecule has 2 aromatic rings. The van der Waals surface area contributed by atoms with Crippen LogP contribution < -0.4 is 10.6 Å². The molecule has 1 atom stereocenters. The molecule has 0 fully saturated rings. The summed E-state index contributed by atoms with van der Waals surface area (Å²) in [5.41, 5.74) is 1.33. The van der Waals surface area contributed by atoms with Crippen LogP contribution in [0.3, 0.4) is 0 Å². The van der Waals surface area contributed by atoms with Crippen molar-refractivity contribution in [2.24, 2.45) is 0 Å². The molecule has 2 N–H and O–H groups in total. The number of amides is 2. The van der Waals surface area contributed by atoms with E-state index in [0.29, 0.717) is 16.8 Å². The normalized spacial score (nSPS) is 11.6. The van der Waals surface area contributed by atoms with Crippen LogP contribution in [0.4, 0.5) is 10.1 Å². The summed E-state index contributed by atoms with van der Waals surface area (Å²) in [6, 6.07) is 12.0. The van der Waals surface area contributed by atoms with Crippen molar-refractivity contribution in [1.82, 2.24) is 5.32 Å². The standard InChI is InChI=1S/C18H19FN2O2/c1-3-12(2)20-18(23)14-5-4-6-16(11-14)21-17(22)13-7-9-15(19)10-8-13/h4-12H,3H2,1-2H3,(H,20,23)(H,21,22)/t12-/m0/s1. The second kappa shape index (κ2) is 7.54. The first-order valence-electron chi connectivity index (χ1n) is 7.47. The number of carbonyl (C=O) groups excluding carboxylic acids is 2. The fourth-order valence-electron chi connectivity index (χ4n) is 1.95. The largest absolute Gasteiger partial charge is 0.350 e. The van der Waals surface area contributed by atoms with Crippen LogP contribution in [-0.4, -0.2) is 17.9 Å². The SMILES string of the molecule is CC[C@H](C)NC(=O)c1cccc(NC(=O)c2ccc(F)cc2)c1. The summed E-state index contributed by atoms with van der Waals surface area (Å²) < 4.78 is 12.9. The minimum absolute atomic E-state index is 0.0833. The zero-order valence-corrected chi connectivity index (χ0v) is 13.1. The maximum Gasteiger partial charge on any atom is 0.255 e. The molecule has 0 aliphatic heterocycles. The molecule has 0 heterocycles. The molecule has 0 bridgehead atoms. The van der Waals surface area contributed by atoms with Crippen molar-refractivity contribution in [2.45, 2.75) is 26.3 Å². The maximum atomic E-state index is 12.9. The van der Waals surface area contributed by atoms with E-state index >= 15 is 0 Å². The molecule has 120 valence electrons. The number of halogens is 1. The highest BCUT2D eigenvalue weighted by Crippen LogP contribution is 2.13. The highest BCUT2D eigenvalue weighted by atomic mass is 19.1. The van der Waals surface area contributed by atoms with Gasteiger partial charge in [0.25, 0.3) is 11.8 Å². The van der Waals surface area contributed by atoms with E-state index in [4.69, 9.17) is 0 Å². The second-order valence-corrected chi connectivity index (χ2v) is 5.32. The first kappa shape index (κ1) is 16.7. The average Bonchev–Trinajstić information content (AvgIpc) is 2.55. The van der Waals surface area contributed by atoms with E-state index < -0.39 is 5.82 Å². The number of rotatable bonds is 5. The Balaban J connectivity index is 2.09. The Labute approximate surface area is 134 Å². The van der Waals surface area contributed by atoms with Crippen LogP contribution in [-0.2, 0) is 0 Å². The van der Waals surface area contributed by atoms with Gasteiger partial charge in [-0.1, -0.05) is 13.0 Å². The van der Waals surface area contributed by atoms with Crippen molar-refractivity contribution in [1.29, 1.82) is 0 Å². The summed E-state index contributed by atoms with van der Waals surface area (Å²) in [6.45, 7) is 3.92. The van der Waals surface area contributed by atoms with Crippen LogP contribution in [0.25, 0.3) is 0 Å². The molecule has 0 saturated carbocycles. The number of benzene rings is 2. The van der Waals surface area contributed by atoms with Gasteiger partial charge in [0.2, 0.25) is 0 Å². The van der Waals surface area contributed by atoms with Gasteiger partial charge < -0.3 is 10.6 Å². The van der Waals surface area contributed by atoms with Crippen molar-refractivity contribution >= 4 is 17.5 Å². The molecule has 23 heavy (non-hydrogen) atoms. The monoisotopic (exact) mass is 314 g/mol. The predicted octanol–water partition coefficient (Wildman–Crippen LogP) is 3.61. The van der Waals surface area contributed by atoms with Crippen molar-refractivity contribution in [3.8, 4) is 0 Å². The Bertz CT molecular complexity index is 698. The summed E-state index contributed by atoms with van der Waals surface area (Å²) in [5, 5.41) is 5.57. The Morgan fingerprint density at radius 2 is 1.74 bits per heavy atom. The van der Waals surface area contributed by atoms with Gasteiger partial charge in [0.1, 0.15) is 5.82 Å². The molecule has 0 radical (unpaired) electrons. The van der Waals surface area contributed by atoms with Gasteiger partial charge in [-0.2, -0.15) is 0 Å². The van der Waals surface area contributed by atoms with E-state index in [0.717, 1.165) is 6.42 Å². The first-order chi connectivity index (χ1) is 11.0. The van der Waals surface area contributed by atoms with Gasteiger partial charge in [0.05, 0.1) is 0 Å². The van der Waals surface area contributed by atoms with Gasteiger partial charge in [0, 0.05) is 22.9 Å². The van der Waals surface area contributed by atoms with Crippen LogP contribution in [0.1, 0.15) is 41.0 Å². The lowest BCUT2D eigenvalue weighted by Gasteiger charge is -2.12. The van der Waals surface area contributed by atoms with Crippen LogP contribution >= 0.6 is 0 Å². The number of nitrogens with one attached hydrogen (secondary N) is 2. The lowest BCUT2D eigenvalue weighted by atomic mass is 10.1. The van der Waals surface area contributed by atoms with Crippen LogP contribution in [0, 0.1) is 5.82 Å². The average molecular weight is 314 g/mol. The van der Waals surface area contributed by atoms with Gasteiger partial charge in [-0.15, -0.1) is 0 Å². The molecule has 0 spiro atoms. The number of hydrogen-bond donors (Lipinski definition) is 2. The highest BCUT2D eigenvalue weighted by molar-refractivity contribution is 6.05. The fraction of sp³-hybridized carbons (Fsp3) is 0.222. The molecule has 2 rings (SSSR count). The summed E-state index contributed by atoms with van der Waals surface area (Å²) in [5.74, 6) is -0.938. The number of hydrogen-bond acceptors (Lipinski definition) is 2. The molecule has 0 aliphatic rings. The third-order valence-electron chi connectivity index (χ3n) is 3.48. The van der Waals surface area contributed by atoms with E-state index in [2.05, 4.69) is 10.6 Å². The van der Waals surface area contributed by atoms with Crippen molar-refractivity contribution < 1.29 is 14.0 Å². The molecule has 0 aromatic heterocycles. The van der Waals surface area contributed by atoms with E-state index in [9.17, 15) is 14.0 Å². The molecule has 2 amide bonds. The molecule has 0 saturated heterocycles. The first-order valence-corrected chi connectivity index (χ1v) is 7.47. The van der Waals surface area contributed by atoms with E-state index in [1.165, 1.54) is 24.3 Å². The van der Waals surface area contributed by atoms with Crippen molar-refractivity contribution in [3.63, 3.8) is 0 Å². The minimum atomic E-state index is -0.398. The summed E-state index contributed by atoms with van der Waals surface area (Å²) in [6.07, 6.45) is 0.840. The van der Waals surface area contributed by atoms with Crippen molar-refractivity contribution in [2.75, 3.05) is 5.32 Å². The van der Waals surface area contributed by atoms with E-state index in [1.807, 2.05) is 13.8 Å². The molecule has 5 heteroatoms. The Hall–Kier alpha value is -2.69. The third kappa shape index (κ3) is 4.64. The Kier molecular flexibility index (Phi) is 5.46.